The highest BCUT2D eigenvalue weighted by atomic mass is 32.2. The molecule has 134 valence electrons. The molecule has 26 heavy (non-hydrogen) atoms. The third-order valence-corrected chi connectivity index (χ3v) is 6.59. The van der Waals surface area contributed by atoms with Crippen LogP contribution >= 0.6 is 34.4 Å². The maximum Gasteiger partial charge on any atom is 0.260 e. The minimum absolute atomic E-state index is 0.0521. The van der Waals surface area contributed by atoms with Crippen LogP contribution in [0.1, 0.15) is 24.9 Å². The Balaban J connectivity index is 1.63. The average Bonchev–Trinajstić information content (AvgIpc) is 3.34. The summed E-state index contributed by atoms with van der Waals surface area (Å²) in [7, 11) is 0. The van der Waals surface area contributed by atoms with Crippen molar-refractivity contribution in [2.75, 3.05) is 11.9 Å². The third kappa shape index (κ3) is 3.27. The van der Waals surface area contributed by atoms with Gasteiger partial charge < -0.3 is 14.7 Å². The summed E-state index contributed by atoms with van der Waals surface area (Å²) in [5, 5.41) is 14.6. The van der Waals surface area contributed by atoms with E-state index in [9.17, 15) is 4.79 Å². The molecule has 4 aromatic rings. The number of H-pyrrole nitrogens is 1. The number of rotatable bonds is 6. The Morgan fingerprint density at radius 1 is 1.42 bits per heavy atom. The van der Waals surface area contributed by atoms with E-state index in [0.29, 0.717) is 21.8 Å². The van der Waals surface area contributed by atoms with Crippen molar-refractivity contribution in [3.05, 3.63) is 40.0 Å². The average molecular weight is 406 g/mol. The van der Waals surface area contributed by atoms with Crippen LogP contribution in [0.25, 0.3) is 21.5 Å². The standard InChI is InChI=1S/C16H15N5O2S3/c1-3-17-15-20-21-16(26-15)25-8(2)12-18-13(22)11-9(7-24-14(11)19-12)10-5-4-6-23-10/h4-8H,3H2,1-2H3,(H,17,20)(H,18,19,22). The zero-order chi connectivity index (χ0) is 18.1. The second-order valence-electron chi connectivity index (χ2n) is 5.42. The van der Waals surface area contributed by atoms with Gasteiger partial charge in [-0.2, -0.15) is 0 Å². The van der Waals surface area contributed by atoms with Gasteiger partial charge in [0.05, 0.1) is 16.9 Å². The molecule has 0 saturated carbocycles. The number of thioether (sulfide) groups is 1. The highest BCUT2D eigenvalue weighted by Crippen LogP contribution is 2.37. The van der Waals surface area contributed by atoms with Crippen molar-refractivity contribution in [1.82, 2.24) is 20.2 Å². The first-order valence-corrected chi connectivity index (χ1v) is 10.5. The first-order chi connectivity index (χ1) is 12.7. The predicted octanol–water partition coefficient (Wildman–Crippen LogP) is 4.38. The van der Waals surface area contributed by atoms with E-state index in [1.165, 1.54) is 34.4 Å². The van der Waals surface area contributed by atoms with E-state index in [0.717, 1.165) is 21.6 Å². The molecule has 0 aliphatic heterocycles. The second kappa shape index (κ2) is 7.22. The fourth-order valence-corrected chi connectivity index (χ4v) is 5.41. The minimum Gasteiger partial charge on any atom is -0.464 e. The second-order valence-corrected chi connectivity index (χ2v) is 8.85. The van der Waals surface area contributed by atoms with Crippen LogP contribution in [0.15, 0.2) is 37.3 Å². The van der Waals surface area contributed by atoms with E-state index in [4.69, 9.17) is 4.42 Å². The zero-order valence-electron chi connectivity index (χ0n) is 14.0. The number of anilines is 1. The van der Waals surface area contributed by atoms with Gasteiger partial charge in [0.25, 0.3) is 5.56 Å². The summed E-state index contributed by atoms with van der Waals surface area (Å²) in [6.45, 7) is 4.81. The number of nitrogens with one attached hydrogen (secondary N) is 2. The smallest absolute Gasteiger partial charge is 0.260 e. The molecular formula is C16H15N5O2S3. The Hall–Kier alpha value is -2.17. The normalized spacial score (nSPS) is 12.5. The van der Waals surface area contributed by atoms with Gasteiger partial charge in [0.2, 0.25) is 5.13 Å². The van der Waals surface area contributed by atoms with Crippen LogP contribution in [0, 0.1) is 0 Å². The molecule has 0 aliphatic carbocycles. The number of aromatic amines is 1. The lowest BCUT2D eigenvalue weighted by molar-refractivity contribution is 0.583. The van der Waals surface area contributed by atoms with Gasteiger partial charge >= 0.3 is 0 Å². The molecule has 0 fully saturated rings. The van der Waals surface area contributed by atoms with Gasteiger partial charge in [-0.15, -0.1) is 21.5 Å². The summed E-state index contributed by atoms with van der Waals surface area (Å²) in [5.74, 6) is 1.30. The lowest BCUT2D eigenvalue weighted by Crippen LogP contribution is -2.12. The van der Waals surface area contributed by atoms with Gasteiger partial charge in [-0.05, 0) is 26.0 Å². The van der Waals surface area contributed by atoms with Crippen molar-refractivity contribution < 1.29 is 4.42 Å². The summed E-state index contributed by atoms with van der Waals surface area (Å²) in [6.07, 6.45) is 1.59. The molecule has 1 unspecified atom stereocenters. The van der Waals surface area contributed by atoms with Crippen LogP contribution in [0.5, 0.6) is 0 Å². The van der Waals surface area contributed by atoms with Crippen molar-refractivity contribution in [2.45, 2.75) is 23.4 Å². The molecule has 0 bridgehead atoms. The Bertz CT molecular complexity index is 1080. The van der Waals surface area contributed by atoms with Crippen molar-refractivity contribution in [3.63, 3.8) is 0 Å². The van der Waals surface area contributed by atoms with Crippen LogP contribution < -0.4 is 10.9 Å². The molecule has 1 atom stereocenters. The topological polar surface area (TPSA) is 96.7 Å². The van der Waals surface area contributed by atoms with E-state index in [2.05, 4.69) is 25.5 Å². The molecule has 0 saturated heterocycles. The number of hydrogen-bond acceptors (Lipinski definition) is 9. The van der Waals surface area contributed by atoms with Gasteiger partial charge in [0.15, 0.2) is 4.34 Å². The largest absolute Gasteiger partial charge is 0.464 e. The van der Waals surface area contributed by atoms with E-state index in [1.807, 2.05) is 25.3 Å². The maximum absolute atomic E-state index is 12.6. The van der Waals surface area contributed by atoms with Gasteiger partial charge in [-0.25, -0.2) is 4.98 Å². The molecule has 2 N–H and O–H groups in total. The number of fused-ring (bicyclic) bond motifs is 1. The van der Waals surface area contributed by atoms with Gasteiger partial charge in [0.1, 0.15) is 16.4 Å². The number of nitrogens with zero attached hydrogens (tertiary/aromatic N) is 3. The number of hydrogen-bond donors (Lipinski definition) is 2. The number of aromatic nitrogens is 4. The maximum atomic E-state index is 12.6. The molecule has 0 aromatic carbocycles. The lowest BCUT2D eigenvalue weighted by atomic mass is 10.2. The van der Waals surface area contributed by atoms with Crippen molar-refractivity contribution in [3.8, 4) is 11.3 Å². The summed E-state index contributed by atoms with van der Waals surface area (Å²) < 4.78 is 6.25. The fraction of sp³-hybridized carbons (Fsp3) is 0.250. The zero-order valence-corrected chi connectivity index (χ0v) is 16.4. The van der Waals surface area contributed by atoms with Crippen LogP contribution in [-0.4, -0.2) is 26.7 Å². The first kappa shape index (κ1) is 17.3. The highest BCUT2D eigenvalue weighted by Gasteiger charge is 2.18. The minimum atomic E-state index is -0.157. The monoisotopic (exact) mass is 405 g/mol. The molecule has 0 radical (unpaired) electrons. The Morgan fingerprint density at radius 2 is 2.31 bits per heavy atom. The molecule has 0 aliphatic rings. The van der Waals surface area contributed by atoms with Gasteiger partial charge in [-0.1, -0.05) is 23.1 Å². The molecule has 4 aromatic heterocycles. The van der Waals surface area contributed by atoms with Gasteiger partial charge in [-0.3, -0.25) is 4.79 Å². The summed E-state index contributed by atoms with van der Waals surface area (Å²) in [5.41, 5.74) is 0.616. The van der Waals surface area contributed by atoms with Crippen LogP contribution in [0.2, 0.25) is 0 Å². The van der Waals surface area contributed by atoms with Crippen molar-refractivity contribution in [2.24, 2.45) is 0 Å². The Labute approximate surface area is 160 Å². The van der Waals surface area contributed by atoms with E-state index >= 15 is 0 Å². The van der Waals surface area contributed by atoms with Crippen LogP contribution in [-0.2, 0) is 0 Å². The molecule has 0 amide bonds. The molecule has 4 rings (SSSR count). The summed E-state index contributed by atoms with van der Waals surface area (Å²) in [6, 6.07) is 3.64. The Kier molecular flexibility index (Phi) is 4.79. The van der Waals surface area contributed by atoms with E-state index in [1.54, 1.807) is 12.3 Å². The van der Waals surface area contributed by atoms with Crippen LogP contribution in [0.4, 0.5) is 5.13 Å². The third-order valence-electron chi connectivity index (χ3n) is 3.65. The Morgan fingerprint density at radius 3 is 3.08 bits per heavy atom. The SMILES string of the molecule is CCNc1nnc(SC(C)c2nc3scc(-c4ccco4)c3c(=O)[nH]2)s1. The first-order valence-electron chi connectivity index (χ1n) is 7.95. The lowest BCUT2D eigenvalue weighted by Gasteiger charge is -2.08. The highest BCUT2D eigenvalue weighted by molar-refractivity contribution is 8.01. The molecule has 7 nitrogen and oxygen atoms in total. The van der Waals surface area contributed by atoms with E-state index < -0.39 is 0 Å². The van der Waals surface area contributed by atoms with E-state index in [-0.39, 0.29) is 10.8 Å². The summed E-state index contributed by atoms with van der Waals surface area (Å²) >= 11 is 4.45. The molecule has 10 heteroatoms. The predicted molar refractivity (Wildman–Crippen MR) is 106 cm³/mol. The number of thiophene rings is 1. The molecule has 0 spiro atoms. The molecular weight excluding hydrogens is 390 g/mol. The van der Waals surface area contributed by atoms with Crippen LogP contribution in [0.3, 0.4) is 0 Å². The number of furan rings is 1. The van der Waals surface area contributed by atoms with Crippen molar-refractivity contribution in [1.29, 1.82) is 0 Å². The summed E-state index contributed by atoms with van der Waals surface area (Å²) in [4.78, 5) is 20.9. The van der Waals surface area contributed by atoms with Crippen molar-refractivity contribution >= 4 is 49.8 Å². The quantitative estimate of drug-likeness (QED) is 0.459. The van der Waals surface area contributed by atoms with Gasteiger partial charge in [0, 0.05) is 17.5 Å². The molecule has 4 heterocycles. The fourth-order valence-electron chi connectivity index (χ4n) is 2.46.